The monoisotopic (exact) mass is 213 g/mol. The standard InChI is InChI=1S/C14H15NO/c1-2-13(15)14(16)12-9-5-7-10-6-3-4-8-11(10)12/h3-9,13H,2,15H2,1H3. The Morgan fingerprint density at radius 3 is 2.62 bits per heavy atom. The van der Waals surface area contributed by atoms with Crippen LogP contribution < -0.4 is 5.73 Å². The van der Waals surface area contributed by atoms with E-state index in [2.05, 4.69) is 0 Å². The van der Waals surface area contributed by atoms with Crippen LogP contribution in [0.1, 0.15) is 23.7 Å². The molecule has 1 unspecified atom stereocenters. The van der Waals surface area contributed by atoms with Crippen molar-refractivity contribution in [2.24, 2.45) is 5.73 Å². The van der Waals surface area contributed by atoms with Gasteiger partial charge in [0.25, 0.3) is 0 Å². The van der Waals surface area contributed by atoms with Crippen LogP contribution in [0, 0.1) is 0 Å². The van der Waals surface area contributed by atoms with Crippen LogP contribution in [0.3, 0.4) is 0 Å². The maximum atomic E-state index is 12.1. The summed E-state index contributed by atoms with van der Waals surface area (Å²) in [6.45, 7) is 1.92. The molecule has 0 aromatic heterocycles. The van der Waals surface area contributed by atoms with Crippen LogP contribution in [0.5, 0.6) is 0 Å². The van der Waals surface area contributed by atoms with Gasteiger partial charge in [-0.2, -0.15) is 0 Å². The van der Waals surface area contributed by atoms with E-state index in [1.54, 1.807) is 0 Å². The first kappa shape index (κ1) is 10.8. The van der Waals surface area contributed by atoms with Gasteiger partial charge in [0.15, 0.2) is 5.78 Å². The number of carbonyl (C=O) groups excluding carboxylic acids is 1. The first-order valence-electron chi connectivity index (χ1n) is 5.51. The zero-order valence-corrected chi connectivity index (χ0v) is 9.31. The number of carbonyl (C=O) groups is 1. The normalized spacial score (nSPS) is 12.6. The maximum absolute atomic E-state index is 12.1. The van der Waals surface area contributed by atoms with Crippen LogP contribution >= 0.6 is 0 Å². The quantitative estimate of drug-likeness (QED) is 0.797. The topological polar surface area (TPSA) is 43.1 Å². The lowest BCUT2D eigenvalue weighted by Gasteiger charge is -2.10. The second kappa shape index (κ2) is 4.45. The fourth-order valence-corrected chi connectivity index (χ4v) is 1.83. The molecule has 0 heterocycles. The largest absolute Gasteiger partial charge is 0.321 e. The van der Waals surface area contributed by atoms with E-state index in [0.717, 1.165) is 16.3 Å². The molecule has 0 aliphatic rings. The highest BCUT2D eigenvalue weighted by atomic mass is 16.1. The third-order valence-corrected chi connectivity index (χ3v) is 2.83. The van der Waals surface area contributed by atoms with Crippen LogP contribution in [0.4, 0.5) is 0 Å². The van der Waals surface area contributed by atoms with E-state index in [0.29, 0.717) is 6.42 Å². The molecule has 16 heavy (non-hydrogen) atoms. The van der Waals surface area contributed by atoms with Crippen molar-refractivity contribution in [1.82, 2.24) is 0 Å². The Morgan fingerprint density at radius 1 is 1.19 bits per heavy atom. The molecule has 0 amide bonds. The van der Waals surface area contributed by atoms with E-state index < -0.39 is 6.04 Å². The van der Waals surface area contributed by atoms with E-state index >= 15 is 0 Å². The lowest BCUT2D eigenvalue weighted by Crippen LogP contribution is -2.29. The van der Waals surface area contributed by atoms with Gasteiger partial charge in [0, 0.05) is 5.56 Å². The van der Waals surface area contributed by atoms with Gasteiger partial charge in [-0.05, 0) is 17.2 Å². The van der Waals surface area contributed by atoms with Crippen molar-refractivity contribution in [3.8, 4) is 0 Å². The molecule has 2 N–H and O–H groups in total. The van der Waals surface area contributed by atoms with E-state index in [-0.39, 0.29) is 5.78 Å². The highest BCUT2D eigenvalue weighted by Crippen LogP contribution is 2.19. The summed E-state index contributed by atoms with van der Waals surface area (Å²) in [6.07, 6.45) is 0.669. The zero-order chi connectivity index (χ0) is 11.5. The smallest absolute Gasteiger partial charge is 0.180 e. The van der Waals surface area contributed by atoms with Gasteiger partial charge in [0.2, 0.25) is 0 Å². The highest BCUT2D eigenvalue weighted by Gasteiger charge is 2.15. The van der Waals surface area contributed by atoms with Gasteiger partial charge in [-0.1, -0.05) is 49.4 Å². The average Bonchev–Trinajstić information content (AvgIpc) is 2.36. The van der Waals surface area contributed by atoms with Crippen molar-refractivity contribution >= 4 is 16.6 Å². The van der Waals surface area contributed by atoms with E-state index in [9.17, 15) is 4.79 Å². The van der Waals surface area contributed by atoms with Crippen LogP contribution in [0.15, 0.2) is 42.5 Å². The second-order valence-corrected chi connectivity index (χ2v) is 3.91. The molecule has 2 aromatic rings. The molecule has 0 fully saturated rings. The van der Waals surface area contributed by atoms with Gasteiger partial charge in [-0.3, -0.25) is 4.79 Å². The Morgan fingerprint density at radius 2 is 1.88 bits per heavy atom. The molecule has 0 aliphatic carbocycles. The fraction of sp³-hybridized carbons (Fsp3) is 0.214. The number of hydrogen-bond donors (Lipinski definition) is 1. The Labute approximate surface area is 95.1 Å². The maximum Gasteiger partial charge on any atom is 0.180 e. The van der Waals surface area contributed by atoms with Crippen molar-refractivity contribution < 1.29 is 4.79 Å². The summed E-state index contributed by atoms with van der Waals surface area (Å²) in [5.74, 6) is 0.0271. The van der Waals surface area contributed by atoms with Gasteiger partial charge in [0.1, 0.15) is 0 Å². The van der Waals surface area contributed by atoms with Gasteiger partial charge in [-0.15, -0.1) is 0 Å². The Bertz CT molecular complexity index is 514. The van der Waals surface area contributed by atoms with Crippen LogP contribution in [0.2, 0.25) is 0 Å². The SMILES string of the molecule is CCC(N)C(=O)c1cccc2ccccc12. The van der Waals surface area contributed by atoms with Gasteiger partial charge in [0.05, 0.1) is 6.04 Å². The lowest BCUT2D eigenvalue weighted by molar-refractivity contribution is 0.0961. The molecule has 0 bridgehead atoms. The summed E-state index contributed by atoms with van der Waals surface area (Å²) in [5.41, 5.74) is 6.52. The van der Waals surface area contributed by atoms with Crippen molar-refractivity contribution in [1.29, 1.82) is 0 Å². The number of Topliss-reactive ketones (excluding diaryl/α,β-unsaturated/α-hetero) is 1. The average molecular weight is 213 g/mol. The highest BCUT2D eigenvalue weighted by molar-refractivity contribution is 6.10. The summed E-state index contributed by atoms with van der Waals surface area (Å²) in [7, 11) is 0. The lowest BCUT2D eigenvalue weighted by atomic mass is 9.97. The van der Waals surface area contributed by atoms with Gasteiger partial charge in [-0.25, -0.2) is 0 Å². The fourth-order valence-electron chi connectivity index (χ4n) is 1.83. The minimum absolute atomic E-state index is 0.0271. The minimum Gasteiger partial charge on any atom is -0.321 e. The zero-order valence-electron chi connectivity index (χ0n) is 9.31. The van der Waals surface area contributed by atoms with E-state index in [4.69, 9.17) is 5.73 Å². The third kappa shape index (κ3) is 1.84. The molecule has 0 radical (unpaired) electrons. The Balaban J connectivity index is 2.56. The molecule has 0 aliphatic heterocycles. The third-order valence-electron chi connectivity index (χ3n) is 2.83. The van der Waals surface area contributed by atoms with Crippen molar-refractivity contribution in [2.45, 2.75) is 19.4 Å². The molecule has 2 aromatic carbocycles. The molecule has 2 rings (SSSR count). The number of fused-ring (bicyclic) bond motifs is 1. The van der Waals surface area contributed by atoms with Crippen molar-refractivity contribution in [3.05, 3.63) is 48.0 Å². The molecule has 1 atom stereocenters. The summed E-state index contributed by atoms with van der Waals surface area (Å²) in [5, 5.41) is 2.07. The van der Waals surface area contributed by atoms with Crippen molar-refractivity contribution in [2.75, 3.05) is 0 Å². The number of nitrogens with two attached hydrogens (primary N) is 1. The molecule has 2 heteroatoms. The molecular weight excluding hydrogens is 198 g/mol. The van der Waals surface area contributed by atoms with E-state index in [1.807, 2.05) is 49.4 Å². The van der Waals surface area contributed by atoms with Crippen LogP contribution in [-0.2, 0) is 0 Å². The molecule has 82 valence electrons. The van der Waals surface area contributed by atoms with Crippen LogP contribution in [0.25, 0.3) is 10.8 Å². The number of benzene rings is 2. The molecule has 0 saturated heterocycles. The molecule has 0 saturated carbocycles. The summed E-state index contributed by atoms with van der Waals surface area (Å²) in [6, 6.07) is 13.2. The van der Waals surface area contributed by atoms with Gasteiger partial charge >= 0.3 is 0 Å². The molecule has 0 spiro atoms. The summed E-state index contributed by atoms with van der Waals surface area (Å²) < 4.78 is 0. The first-order valence-corrected chi connectivity index (χ1v) is 5.51. The second-order valence-electron chi connectivity index (χ2n) is 3.91. The van der Waals surface area contributed by atoms with Gasteiger partial charge < -0.3 is 5.73 Å². The molecule has 2 nitrogen and oxygen atoms in total. The predicted octanol–water partition coefficient (Wildman–Crippen LogP) is 2.76. The number of rotatable bonds is 3. The van der Waals surface area contributed by atoms with Crippen LogP contribution in [-0.4, -0.2) is 11.8 Å². The molecular formula is C14H15NO. The minimum atomic E-state index is -0.397. The number of ketones is 1. The Hall–Kier alpha value is -1.67. The Kier molecular flexibility index (Phi) is 3.02. The van der Waals surface area contributed by atoms with Crippen molar-refractivity contribution in [3.63, 3.8) is 0 Å². The predicted molar refractivity (Wildman–Crippen MR) is 66.5 cm³/mol. The first-order chi connectivity index (χ1) is 7.74. The summed E-state index contributed by atoms with van der Waals surface area (Å²) in [4.78, 5) is 12.1. The van der Waals surface area contributed by atoms with E-state index in [1.165, 1.54) is 0 Å². The summed E-state index contributed by atoms with van der Waals surface area (Å²) >= 11 is 0. The number of hydrogen-bond acceptors (Lipinski definition) is 2.